The highest BCUT2D eigenvalue weighted by molar-refractivity contribution is 6.30. The molecule has 0 saturated heterocycles. The van der Waals surface area contributed by atoms with Crippen LogP contribution in [0.4, 0.5) is 23.7 Å². The molecule has 0 aliphatic carbocycles. The summed E-state index contributed by atoms with van der Waals surface area (Å²) in [6, 6.07) is 6.10. The predicted molar refractivity (Wildman–Crippen MR) is 82.2 cm³/mol. The monoisotopic (exact) mass is 377 g/mol. The number of benzene rings is 1. The lowest BCUT2D eigenvalue weighted by molar-refractivity contribution is -0.137. The summed E-state index contributed by atoms with van der Waals surface area (Å²) < 4.78 is 38.1. The van der Waals surface area contributed by atoms with Gasteiger partial charge < -0.3 is 5.32 Å². The van der Waals surface area contributed by atoms with E-state index in [1.54, 1.807) is 0 Å². The van der Waals surface area contributed by atoms with Gasteiger partial charge in [-0.1, -0.05) is 23.2 Å². The summed E-state index contributed by atoms with van der Waals surface area (Å²) in [5.41, 5.74) is -1.45. The Kier molecular flexibility index (Phi) is 5.30. The number of hydrogen-bond acceptors (Lipinski definition) is 3. The van der Waals surface area contributed by atoms with Crippen LogP contribution in [0.1, 0.15) is 16.1 Å². The summed E-state index contributed by atoms with van der Waals surface area (Å²) in [5.74, 6) is -1.13. The fourth-order valence-electron chi connectivity index (χ4n) is 1.64. The number of carbonyl (C=O) groups is 2. The van der Waals surface area contributed by atoms with Crippen LogP contribution in [0.2, 0.25) is 10.2 Å². The van der Waals surface area contributed by atoms with Gasteiger partial charge in [0, 0.05) is 10.7 Å². The minimum atomic E-state index is -4.70. The average Bonchev–Trinajstić information content (AvgIpc) is 2.48. The summed E-state index contributed by atoms with van der Waals surface area (Å²) in [6.07, 6.45) is -4.70. The summed E-state index contributed by atoms with van der Waals surface area (Å²) in [4.78, 5) is 27.0. The van der Waals surface area contributed by atoms with Crippen molar-refractivity contribution >= 4 is 40.8 Å². The van der Waals surface area contributed by atoms with Crippen molar-refractivity contribution in [3.05, 3.63) is 57.8 Å². The Labute approximate surface area is 143 Å². The SMILES string of the molecule is O=C(NC(=O)c1cc(C(F)(F)F)cc(Cl)n1)Nc1ccc(Cl)cc1. The molecule has 2 aromatic rings. The van der Waals surface area contributed by atoms with Crippen LogP contribution in [0, 0.1) is 0 Å². The number of anilines is 1. The Morgan fingerprint density at radius 2 is 1.67 bits per heavy atom. The maximum Gasteiger partial charge on any atom is 0.416 e. The Balaban J connectivity index is 2.10. The number of nitrogens with zero attached hydrogens (tertiary/aromatic N) is 1. The Morgan fingerprint density at radius 1 is 1.04 bits per heavy atom. The number of hydrogen-bond donors (Lipinski definition) is 2. The number of aromatic nitrogens is 1. The van der Waals surface area contributed by atoms with Gasteiger partial charge in [-0.3, -0.25) is 10.1 Å². The van der Waals surface area contributed by atoms with E-state index in [4.69, 9.17) is 23.2 Å². The molecule has 2 rings (SSSR count). The first-order valence-corrected chi connectivity index (χ1v) is 7.03. The highest BCUT2D eigenvalue weighted by Crippen LogP contribution is 2.30. The zero-order valence-electron chi connectivity index (χ0n) is 11.6. The van der Waals surface area contributed by atoms with E-state index in [0.717, 1.165) is 0 Å². The number of carbonyl (C=O) groups excluding carboxylic acids is 2. The largest absolute Gasteiger partial charge is 0.416 e. The molecule has 0 bridgehead atoms. The van der Waals surface area contributed by atoms with Gasteiger partial charge in [0.15, 0.2) is 0 Å². The fourth-order valence-corrected chi connectivity index (χ4v) is 1.97. The van der Waals surface area contributed by atoms with Gasteiger partial charge in [-0.15, -0.1) is 0 Å². The third-order valence-corrected chi connectivity index (χ3v) is 3.13. The van der Waals surface area contributed by atoms with E-state index in [9.17, 15) is 22.8 Å². The van der Waals surface area contributed by atoms with Crippen LogP contribution in [0.3, 0.4) is 0 Å². The van der Waals surface area contributed by atoms with Crippen molar-refractivity contribution in [3.63, 3.8) is 0 Å². The molecule has 0 unspecified atom stereocenters. The molecule has 24 heavy (non-hydrogen) atoms. The highest BCUT2D eigenvalue weighted by atomic mass is 35.5. The molecular weight excluding hydrogens is 370 g/mol. The molecule has 0 atom stereocenters. The van der Waals surface area contributed by atoms with Crippen molar-refractivity contribution in [1.29, 1.82) is 0 Å². The van der Waals surface area contributed by atoms with E-state index >= 15 is 0 Å². The second-order valence-corrected chi connectivity index (χ2v) is 5.30. The van der Waals surface area contributed by atoms with E-state index in [1.807, 2.05) is 5.32 Å². The molecule has 3 amide bonds. The molecule has 0 saturated carbocycles. The maximum absolute atomic E-state index is 12.7. The molecule has 1 heterocycles. The summed E-state index contributed by atoms with van der Waals surface area (Å²) in [6.45, 7) is 0. The molecule has 0 radical (unpaired) electrons. The van der Waals surface area contributed by atoms with E-state index in [2.05, 4.69) is 10.3 Å². The molecule has 2 N–H and O–H groups in total. The van der Waals surface area contributed by atoms with Crippen molar-refractivity contribution in [2.45, 2.75) is 6.18 Å². The van der Waals surface area contributed by atoms with E-state index in [0.29, 0.717) is 22.8 Å². The second kappa shape index (κ2) is 7.06. The zero-order valence-corrected chi connectivity index (χ0v) is 13.1. The van der Waals surface area contributed by atoms with Crippen LogP contribution in [0.5, 0.6) is 0 Å². The third-order valence-electron chi connectivity index (χ3n) is 2.68. The summed E-state index contributed by atoms with van der Waals surface area (Å²) in [7, 11) is 0. The van der Waals surface area contributed by atoms with Crippen LogP contribution in [0.15, 0.2) is 36.4 Å². The van der Waals surface area contributed by atoms with E-state index < -0.39 is 34.5 Å². The number of urea groups is 1. The first-order chi connectivity index (χ1) is 11.1. The molecular formula is C14H8Cl2F3N3O2. The standard InChI is InChI=1S/C14H8Cl2F3N3O2/c15-8-1-3-9(4-2-8)20-13(24)22-12(23)10-5-7(14(17,18)19)6-11(16)21-10/h1-6H,(H2,20,22,23,24). The number of amides is 3. The summed E-state index contributed by atoms with van der Waals surface area (Å²) >= 11 is 11.2. The van der Waals surface area contributed by atoms with Crippen LogP contribution in [-0.4, -0.2) is 16.9 Å². The smallest absolute Gasteiger partial charge is 0.308 e. The fraction of sp³-hybridized carbons (Fsp3) is 0.0714. The highest BCUT2D eigenvalue weighted by Gasteiger charge is 2.32. The number of halogens is 5. The number of rotatable bonds is 2. The van der Waals surface area contributed by atoms with Crippen LogP contribution >= 0.6 is 23.2 Å². The van der Waals surface area contributed by atoms with Crippen molar-refractivity contribution in [2.75, 3.05) is 5.32 Å². The lowest BCUT2D eigenvalue weighted by Crippen LogP contribution is -2.35. The predicted octanol–water partition coefficient (Wildman–Crippen LogP) is 4.37. The maximum atomic E-state index is 12.7. The minimum Gasteiger partial charge on any atom is -0.308 e. The normalized spacial score (nSPS) is 11.0. The first-order valence-electron chi connectivity index (χ1n) is 6.28. The van der Waals surface area contributed by atoms with Crippen molar-refractivity contribution < 1.29 is 22.8 Å². The van der Waals surface area contributed by atoms with Crippen molar-refractivity contribution in [1.82, 2.24) is 10.3 Å². The van der Waals surface area contributed by atoms with Crippen molar-refractivity contribution in [3.8, 4) is 0 Å². The Hall–Kier alpha value is -2.32. The molecule has 0 fully saturated rings. The Bertz CT molecular complexity index is 780. The zero-order chi connectivity index (χ0) is 17.9. The van der Waals surface area contributed by atoms with Gasteiger partial charge in [-0.25, -0.2) is 9.78 Å². The number of nitrogens with one attached hydrogen (secondary N) is 2. The lowest BCUT2D eigenvalue weighted by Gasteiger charge is -2.10. The Morgan fingerprint density at radius 3 is 2.25 bits per heavy atom. The topological polar surface area (TPSA) is 71.1 Å². The summed E-state index contributed by atoms with van der Waals surface area (Å²) in [5, 5.41) is 4.10. The minimum absolute atomic E-state index is 0.333. The molecule has 0 aliphatic rings. The quantitative estimate of drug-likeness (QED) is 0.763. The van der Waals surface area contributed by atoms with Crippen LogP contribution in [-0.2, 0) is 6.18 Å². The number of pyridine rings is 1. The van der Waals surface area contributed by atoms with Crippen LogP contribution < -0.4 is 10.6 Å². The lowest BCUT2D eigenvalue weighted by atomic mass is 10.2. The van der Waals surface area contributed by atoms with E-state index in [-0.39, 0.29) is 0 Å². The van der Waals surface area contributed by atoms with Gasteiger partial charge in [-0.2, -0.15) is 13.2 Å². The van der Waals surface area contributed by atoms with E-state index in [1.165, 1.54) is 24.3 Å². The average molecular weight is 378 g/mol. The molecule has 10 heteroatoms. The molecule has 1 aromatic carbocycles. The number of alkyl halides is 3. The molecule has 0 aliphatic heterocycles. The molecule has 126 valence electrons. The first kappa shape index (κ1) is 18.0. The third kappa shape index (κ3) is 4.84. The van der Waals surface area contributed by atoms with Gasteiger partial charge in [0.25, 0.3) is 5.91 Å². The molecule has 1 aromatic heterocycles. The van der Waals surface area contributed by atoms with Gasteiger partial charge in [-0.05, 0) is 36.4 Å². The van der Waals surface area contributed by atoms with Crippen molar-refractivity contribution in [2.24, 2.45) is 0 Å². The molecule has 5 nitrogen and oxygen atoms in total. The van der Waals surface area contributed by atoms with Crippen LogP contribution in [0.25, 0.3) is 0 Å². The second-order valence-electron chi connectivity index (χ2n) is 4.48. The van der Waals surface area contributed by atoms with Gasteiger partial charge >= 0.3 is 12.2 Å². The molecule has 0 spiro atoms. The van der Waals surface area contributed by atoms with Gasteiger partial charge in [0.05, 0.1) is 5.56 Å². The van der Waals surface area contributed by atoms with Gasteiger partial charge in [0.1, 0.15) is 10.8 Å². The van der Waals surface area contributed by atoms with Gasteiger partial charge in [0.2, 0.25) is 0 Å². The number of imide groups is 1.